The van der Waals surface area contributed by atoms with E-state index in [4.69, 9.17) is 5.73 Å². The van der Waals surface area contributed by atoms with Gasteiger partial charge in [0.25, 0.3) is 0 Å². The van der Waals surface area contributed by atoms with E-state index in [1.165, 1.54) is 0 Å². The van der Waals surface area contributed by atoms with Gasteiger partial charge >= 0.3 is 0 Å². The number of hydrogen-bond acceptors (Lipinski definition) is 4. The van der Waals surface area contributed by atoms with E-state index in [1.54, 1.807) is 0 Å². The molecular weight excluding hydrogens is 236 g/mol. The van der Waals surface area contributed by atoms with E-state index >= 15 is 0 Å². The highest BCUT2D eigenvalue weighted by Gasteiger charge is 2.41. The average Bonchev–Trinajstić information content (AvgIpc) is 2.28. The summed E-state index contributed by atoms with van der Waals surface area (Å²) in [5.41, 5.74) is 5.60. The molecule has 1 fully saturated rings. The van der Waals surface area contributed by atoms with Crippen LogP contribution in [0.2, 0.25) is 0 Å². The summed E-state index contributed by atoms with van der Waals surface area (Å²) < 4.78 is 23.7. The van der Waals surface area contributed by atoms with Crippen LogP contribution in [0.25, 0.3) is 0 Å². The molecule has 0 amide bonds. The molecule has 0 spiro atoms. The molecule has 1 aliphatic rings. The Balaban J connectivity index is 2.84. The van der Waals surface area contributed by atoms with E-state index in [-0.39, 0.29) is 11.3 Å². The van der Waals surface area contributed by atoms with Crippen molar-refractivity contribution in [2.75, 3.05) is 31.1 Å². The van der Waals surface area contributed by atoms with Gasteiger partial charge < -0.3 is 5.73 Å². The maximum atomic E-state index is 11.8. The summed E-state index contributed by atoms with van der Waals surface area (Å²) in [6.45, 7) is 6.53. The van der Waals surface area contributed by atoms with Gasteiger partial charge in [-0.2, -0.15) is 0 Å². The van der Waals surface area contributed by atoms with Crippen molar-refractivity contribution < 1.29 is 8.42 Å². The minimum Gasteiger partial charge on any atom is -0.329 e. The van der Waals surface area contributed by atoms with Crippen molar-refractivity contribution in [3.05, 3.63) is 0 Å². The fraction of sp³-hybridized carbons (Fsp3) is 1.00. The molecule has 0 aromatic heterocycles. The summed E-state index contributed by atoms with van der Waals surface area (Å²) in [4.78, 5) is 2.28. The van der Waals surface area contributed by atoms with E-state index in [2.05, 4.69) is 18.7 Å². The molecule has 0 saturated carbocycles. The van der Waals surface area contributed by atoms with Crippen LogP contribution in [0.1, 0.15) is 39.5 Å². The molecule has 0 bridgehead atoms. The van der Waals surface area contributed by atoms with Crippen molar-refractivity contribution >= 4 is 9.84 Å². The quantitative estimate of drug-likeness (QED) is 0.776. The molecule has 4 nitrogen and oxygen atoms in total. The fourth-order valence-corrected chi connectivity index (χ4v) is 4.79. The zero-order valence-electron chi connectivity index (χ0n) is 11.1. The van der Waals surface area contributed by atoms with Crippen LogP contribution in [0.5, 0.6) is 0 Å². The number of hydrogen-bond donors (Lipinski definition) is 1. The van der Waals surface area contributed by atoms with Crippen LogP contribution >= 0.6 is 0 Å². The van der Waals surface area contributed by atoms with Crippen molar-refractivity contribution in [3.8, 4) is 0 Å². The fourth-order valence-electron chi connectivity index (χ4n) is 2.79. The average molecular weight is 262 g/mol. The van der Waals surface area contributed by atoms with E-state index in [9.17, 15) is 8.42 Å². The predicted molar refractivity (Wildman–Crippen MR) is 71.8 cm³/mol. The highest BCUT2D eigenvalue weighted by atomic mass is 32.2. The first-order chi connectivity index (χ1) is 7.99. The molecule has 1 heterocycles. The minimum absolute atomic E-state index is 0.244. The molecule has 1 atom stereocenters. The summed E-state index contributed by atoms with van der Waals surface area (Å²) in [5.74, 6) is 0.578. The maximum Gasteiger partial charge on any atom is 0.152 e. The van der Waals surface area contributed by atoms with Crippen LogP contribution in [0.3, 0.4) is 0 Å². The Kier molecular flexibility index (Phi) is 5.41. The lowest BCUT2D eigenvalue weighted by molar-refractivity contribution is 0.104. The third-order valence-electron chi connectivity index (χ3n) is 3.80. The van der Waals surface area contributed by atoms with Gasteiger partial charge in [-0.3, -0.25) is 4.90 Å². The highest BCUT2D eigenvalue weighted by molar-refractivity contribution is 7.91. The van der Waals surface area contributed by atoms with Crippen molar-refractivity contribution in [1.82, 2.24) is 4.90 Å². The summed E-state index contributed by atoms with van der Waals surface area (Å²) in [6, 6.07) is 0. The normalized spacial score (nSPS) is 28.5. The molecule has 1 unspecified atom stereocenters. The Bertz CT molecular complexity index is 329. The predicted octanol–water partition coefficient (Wildman–Crippen LogP) is 1.01. The van der Waals surface area contributed by atoms with Crippen LogP contribution in [0.15, 0.2) is 0 Å². The summed E-state index contributed by atoms with van der Waals surface area (Å²) >= 11 is 0. The van der Waals surface area contributed by atoms with Crippen molar-refractivity contribution in [2.45, 2.75) is 45.1 Å². The number of sulfone groups is 1. The van der Waals surface area contributed by atoms with Gasteiger partial charge in [-0.05, 0) is 32.4 Å². The molecule has 1 rings (SSSR count). The maximum absolute atomic E-state index is 11.8. The topological polar surface area (TPSA) is 63.4 Å². The number of nitrogens with two attached hydrogens (primary N) is 1. The first-order valence-corrected chi connectivity index (χ1v) is 8.47. The van der Waals surface area contributed by atoms with Gasteiger partial charge in [0, 0.05) is 12.1 Å². The lowest BCUT2D eigenvalue weighted by Crippen LogP contribution is -2.60. The molecule has 5 heteroatoms. The Morgan fingerprint density at radius 1 is 1.35 bits per heavy atom. The summed E-state index contributed by atoms with van der Waals surface area (Å²) in [5, 5.41) is 0. The molecule has 0 aliphatic carbocycles. The Morgan fingerprint density at radius 2 is 2.06 bits per heavy atom. The molecule has 0 aromatic rings. The van der Waals surface area contributed by atoms with Gasteiger partial charge in [0.05, 0.1) is 11.5 Å². The second-order valence-electron chi connectivity index (χ2n) is 5.06. The zero-order chi connectivity index (χ0) is 12.9. The number of likely N-dealkylation sites (N-methyl/N-ethyl adjacent to an activating group) is 1. The molecule has 2 N–H and O–H groups in total. The van der Waals surface area contributed by atoms with Gasteiger partial charge in [-0.1, -0.05) is 20.3 Å². The molecule has 1 saturated heterocycles. The van der Waals surface area contributed by atoms with Crippen molar-refractivity contribution in [3.63, 3.8) is 0 Å². The largest absolute Gasteiger partial charge is 0.329 e. The Morgan fingerprint density at radius 3 is 2.53 bits per heavy atom. The standard InChI is InChI=1S/C12H26N2O2S/c1-3-5-8-14(4-2)12(10-13)7-6-9-17(15,16)11-12/h3-11,13H2,1-2H3. The number of unbranched alkanes of at least 4 members (excludes halogenated alkanes) is 1. The van der Waals surface area contributed by atoms with Crippen LogP contribution in [-0.4, -0.2) is 50.0 Å². The van der Waals surface area contributed by atoms with E-state index < -0.39 is 9.84 Å². The van der Waals surface area contributed by atoms with Crippen molar-refractivity contribution in [2.24, 2.45) is 5.73 Å². The van der Waals surface area contributed by atoms with E-state index in [0.29, 0.717) is 12.3 Å². The van der Waals surface area contributed by atoms with Gasteiger partial charge in [0.15, 0.2) is 9.84 Å². The van der Waals surface area contributed by atoms with Gasteiger partial charge in [-0.15, -0.1) is 0 Å². The molecular formula is C12H26N2O2S. The van der Waals surface area contributed by atoms with Crippen LogP contribution in [0.4, 0.5) is 0 Å². The summed E-state index contributed by atoms with van der Waals surface area (Å²) in [6.07, 6.45) is 3.90. The first-order valence-electron chi connectivity index (χ1n) is 6.65. The first kappa shape index (κ1) is 14.9. The highest BCUT2D eigenvalue weighted by Crippen LogP contribution is 2.28. The Hall–Kier alpha value is -0.130. The van der Waals surface area contributed by atoms with Crippen LogP contribution in [0, 0.1) is 0 Å². The minimum atomic E-state index is -2.90. The van der Waals surface area contributed by atoms with Gasteiger partial charge in [-0.25, -0.2) is 8.42 Å². The van der Waals surface area contributed by atoms with E-state index in [1.807, 2.05) is 0 Å². The third kappa shape index (κ3) is 3.66. The molecule has 0 aromatic carbocycles. The smallest absolute Gasteiger partial charge is 0.152 e. The molecule has 0 radical (unpaired) electrons. The van der Waals surface area contributed by atoms with Gasteiger partial charge in [0.1, 0.15) is 0 Å². The Labute approximate surface area is 105 Å². The SMILES string of the molecule is CCCCN(CC)C1(CN)CCCS(=O)(=O)C1. The molecule has 102 valence electrons. The van der Waals surface area contributed by atoms with Crippen LogP contribution in [-0.2, 0) is 9.84 Å². The lowest BCUT2D eigenvalue weighted by atomic mass is 9.92. The second kappa shape index (κ2) is 6.16. The number of rotatable bonds is 6. The monoisotopic (exact) mass is 262 g/mol. The second-order valence-corrected chi connectivity index (χ2v) is 7.24. The summed E-state index contributed by atoms with van der Waals surface area (Å²) in [7, 11) is -2.90. The molecule has 17 heavy (non-hydrogen) atoms. The number of nitrogens with zero attached hydrogens (tertiary/aromatic N) is 1. The van der Waals surface area contributed by atoms with E-state index in [0.717, 1.165) is 38.8 Å². The van der Waals surface area contributed by atoms with Gasteiger partial charge in [0.2, 0.25) is 0 Å². The van der Waals surface area contributed by atoms with Crippen LogP contribution < -0.4 is 5.73 Å². The van der Waals surface area contributed by atoms with Crippen molar-refractivity contribution in [1.29, 1.82) is 0 Å². The zero-order valence-corrected chi connectivity index (χ0v) is 11.9. The third-order valence-corrected chi connectivity index (χ3v) is 5.69. The molecule has 1 aliphatic heterocycles. The lowest BCUT2D eigenvalue weighted by Gasteiger charge is -2.45.